The van der Waals surface area contributed by atoms with Crippen molar-refractivity contribution in [2.45, 2.75) is 20.8 Å². The summed E-state index contributed by atoms with van der Waals surface area (Å²) in [5, 5.41) is 9.64. The number of aryl methyl sites for hydroxylation is 2. The van der Waals surface area contributed by atoms with Crippen LogP contribution in [0.4, 0.5) is 5.69 Å². The topological polar surface area (TPSA) is 87.3 Å². The number of carbonyl (C=O) groups excluding carboxylic acids is 2. The second-order valence-electron chi connectivity index (χ2n) is 4.98. The number of aromatic nitrogens is 2. The molecule has 1 amide bonds. The second kappa shape index (κ2) is 7.04. The van der Waals surface area contributed by atoms with Crippen LogP contribution in [0.1, 0.15) is 18.3 Å². The van der Waals surface area contributed by atoms with E-state index in [2.05, 4.69) is 20.3 Å². The number of H-pyrrole nitrogens is 1. The predicted octanol–water partition coefficient (Wildman–Crippen LogP) is 0.706. The fourth-order valence-corrected chi connectivity index (χ4v) is 1.97. The third-order valence-corrected chi connectivity index (χ3v) is 3.00. The number of hydrogen-bond donors (Lipinski definition) is 2. The van der Waals surface area contributed by atoms with Gasteiger partial charge in [0.05, 0.1) is 36.6 Å². The molecule has 0 saturated carbocycles. The molecule has 20 heavy (non-hydrogen) atoms. The highest BCUT2D eigenvalue weighted by atomic mass is 16.5. The SMILES string of the molecule is COC(=O)C(C)CN(C)CC(=O)Nc1c(C)n[nH]c1C. The van der Waals surface area contributed by atoms with E-state index in [-0.39, 0.29) is 24.3 Å². The van der Waals surface area contributed by atoms with Crippen molar-refractivity contribution in [3.05, 3.63) is 11.4 Å². The van der Waals surface area contributed by atoms with Gasteiger partial charge in [-0.15, -0.1) is 0 Å². The van der Waals surface area contributed by atoms with Gasteiger partial charge < -0.3 is 10.1 Å². The number of ether oxygens (including phenoxy) is 1. The molecular weight excluding hydrogens is 260 g/mol. The predicted molar refractivity (Wildman–Crippen MR) is 75.4 cm³/mol. The molecule has 0 aliphatic carbocycles. The molecule has 1 aromatic rings. The summed E-state index contributed by atoms with van der Waals surface area (Å²) in [6.07, 6.45) is 0. The monoisotopic (exact) mass is 282 g/mol. The molecule has 112 valence electrons. The molecule has 0 saturated heterocycles. The molecule has 1 unspecified atom stereocenters. The highest BCUT2D eigenvalue weighted by molar-refractivity contribution is 5.93. The molecule has 2 N–H and O–H groups in total. The Morgan fingerprint density at radius 2 is 2.10 bits per heavy atom. The van der Waals surface area contributed by atoms with Crippen LogP contribution in [0.5, 0.6) is 0 Å². The minimum Gasteiger partial charge on any atom is -0.469 e. The minimum atomic E-state index is -0.279. The van der Waals surface area contributed by atoms with Crippen LogP contribution in [-0.4, -0.2) is 54.2 Å². The van der Waals surface area contributed by atoms with Crippen molar-refractivity contribution < 1.29 is 14.3 Å². The lowest BCUT2D eigenvalue weighted by molar-refractivity contribution is -0.145. The highest BCUT2D eigenvalue weighted by Gasteiger charge is 2.18. The van der Waals surface area contributed by atoms with Gasteiger partial charge in [-0.3, -0.25) is 19.6 Å². The molecule has 0 radical (unpaired) electrons. The van der Waals surface area contributed by atoms with Crippen molar-refractivity contribution in [3.8, 4) is 0 Å². The Bertz CT molecular complexity index is 464. The lowest BCUT2D eigenvalue weighted by Gasteiger charge is -2.19. The lowest BCUT2D eigenvalue weighted by atomic mass is 10.2. The number of aromatic amines is 1. The van der Waals surface area contributed by atoms with Crippen LogP contribution in [0.2, 0.25) is 0 Å². The zero-order chi connectivity index (χ0) is 15.3. The van der Waals surface area contributed by atoms with Gasteiger partial charge in [0, 0.05) is 6.54 Å². The number of methoxy groups -OCH3 is 1. The third-order valence-electron chi connectivity index (χ3n) is 3.00. The van der Waals surface area contributed by atoms with Crippen molar-refractivity contribution in [2.24, 2.45) is 5.92 Å². The molecule has 0 aromatic carbocycles. The fourth-order valence-electron chi connectivity index (χ4n) is 1.97. The van der Waals surface area contributed by atoms with Crippen LogP contribution >= 0.6 is 0 Å². The molecule has 1 atom stereocenters. The van der Waals surface area contributed by atoms with Crippen molar-refractivity contribution in [1.29, 1.82) is 0 Å². The number of nitrogens with one attached hydrogen (secondary N) is 2. The van der Waals surface area contributed by atoms with E-state index in [4.69, 9.17) is 0 Å². The second-order valence-corrected chi connectivity index (χ2v) is 4.98. The Balaban J connectivity index is 2.48. The lowest BCUT2D eigenvalue weighted by Crippen LogP contribution is -2.35. The molecule has 1 aromatic heterocycles. The van der Waals surface area contributed by atoms with Crippen molar-refractivity contribution >= 4 is 17.6 Å². The number of hydrogen-bond acceptors (Lipinski definition) is 5. The first-order valence-corrected chi connectivity index (χ1v) is 6.43. The maximum atomic E-state index is 11.9. The molecule has 7 nitrogen and oxygen atoms in total. The number of amides is 1. The van der Waals surface area contributed by atoms with E-state index in [1.807, 2.05) is 13.8 Å². The Kier molecular flexibility index (Phi) is 5.69. The summed E-state index contributed by atoms with van der Waals surface area (Å²) in [6, 6.07) is 0. The van der Waals surface area contributed by atoms with Gasteiger partial charge in [0.1, 0.15) is 0 Å². The summed E-state index contributed by atoms with van der Waals surface area (Å²) < 4.78 is 4.66. The average molecular weight is 282 g/mol. The molecule has 7 heteroatoms. The van der Waals surface area contributed by atoms with Crippen LogP contribution in [-0.2, 0) is 14.3 Å². The third kappa shape index (κ3) is 4.34. The van der Waals surface area contributed by atoms with Gasteiger partial charge >= 0.3 is 5.97 Å². The standard InChI is InChI=1S/C13H22N4O3/c1-8(13(19)20-5)6-17(4)7-11(18)14-12-9(2)15-16-10(12)3/h8H,6-7H2,1-5H3,(H,14,18)(H,15,16). The van der Waals surface area contributed by atoms with E-state index in [1.165, 1.54) is 7.11 Å². The van der Waals surface area contributed by atoms with Gasteiger partial charge in [0.25, 0.3) is 0 Å². The molecule has 1 heterocycles. The maximum Gasteiger partial charge on any atom is 0.309 e. The average Bonchev–Trinajstić information content (AvgIpc) is 2.69. The molecule has 0 aliphatic heterocycles. The largest absolute Gasteiger partial charge is 0.469 e. The van der Waals surface area contributed by atoms with Gasteiger partial charge in [0.15, 0.2) is 0 Å². The molecule has 0 spiro atoms. The highest BCUT2D eigenvalue weighted by Crippen LogP contribution is 2.15. The Labute approximate surface area is 118 Å². The zero-order valence-electron chi connectivity index (χ0n) is 12.6. The van der Waals surface area contributed by atoms with Crippen LogP contribution in [0.15, 0.2) is 0 Å². The minimum absolute atomic E-state index is 0.142. The molecule has 0 bridgehead atoms. The smallest absolute Gasteiger partial charge is 0.309 e. The Morgan fingerprint density at radius 1 is 1.45 bits per heavy atom. The number of rotatable bonds is 6. The van der Waals surface area contributed by atoms with Gasteiger partial charge in [-0.25, -0.2) is 0 Å². The summed E-state index contributed by atoms with van der Waals surface area (Å²) >= 11 is 0. The van der Waals surface area contributed by atoms with E-state index >= 15 is 0 Å². The normalized spacial score (nSPS) is 12.3. The molecular formula is C13H22N4O3. The van der Waals surface area contributed by atoms with E-state index in [1.54, 1.807) is 18.9 Å². The number of esters is 1. The first-order chi connectivity index (χ1) is 9.35. The first-order valence-electron chi connectivity index (χ1n) is 6.43. The number of nitrogens with zero attached hydrogens (tertiary/aromatic N) is 2. The fraction of sp³-hybridized carbons (Fsp3) is 0.615. The molecule has 0 fully saturated rings. The van der Waals surface area contributed by atoms with Crippen LogP contribution in [0.3, 0.4) is 0 Å². The summed E-state index contributed by atoms with van der Waals surface area (Å²) in [5.74, 6) is -0.689. The van der Waals surface area contributed by atoms with E-state index in [0.29, 0.717) is 12.2 Å². The first kappa shape index (κ1) is 16.2. The van der Waals surface area contributed by atoms with Crippen LogP contribution in [0.25, 0.3) is 0 Å². The van der Waals surface area contributed by atoms with E-state index < -0.39 is 0 Å². The van der Waals surface area contributed by atoms with E-state index in [0.717, 1.165) is 11.4 Å². The number of likely N-dealkylation sites (N-methyl/N-ethyl adjacent to an activating group) is 1. The summed E-state index contributed by atoms with van der Waals surface area (Å²) in [7, 11) is 3.14. The van der Waals surface area contributed by atoms with Crippen LogP contribution in [0, 0.1) is 19.8 Å². The van der Waals surface area contributed by atoms with Crippen molar-refractivity contribution in [3.63, 3.8) is 0 Å². The van der Waals surface area contributed by atoms with E-state index in [9.17, 15) is 9.59 Å². The number of carbonyl (C=O) groups is 2. The molecule has 1 rings (SSSR count). The number of anilines is 1. The quantitative estimate of drug-likeness (QED) is 0.750. The van der Waals surface area contributed by atoms with Gasteiger partial charge in [-0.2, -0.15) is 5.10 Å². The maximum absolute atomic E-state index is 11.9. The van der Waals surface area contributed by atoms with Crippen molar-refractivity contribution in [1.82, 2.24) is 15.1 Å². The summed E-state index contributed by atoms with van der Waals surface area (Å²) in [6.45, 7) is 6.10. The van der Waals surface area contributed by atoms with Gasteiger partial charge in [-0.1, -0.05) is 6.92 Å². The Morgan fingerprint density at radius 3 is 2.60 bits per heavy atom. The molecule has 0 aliphatic rings. The summed E-state index contributed by atoms with van der Waals surface area (Å²) in [5.41, 5.74) is 2.28. The van der Waals surface area contributed by atoms with Crippen molar-refractivity contribution in [2.75, 3.05) is 32.6 Å². The van der Waals surface area contributed by atoms with Gasteiger partial charge in [-0.05, 0) is 20.9 Å². The Hall–Kier alpha value is -1.89. The zero-order valence-corrected chi connectivity index (χ0v) is 12.6. The van der Waals surface area contributed by atoms with Gasteiger partial charge in [0.2, 0.25) is 5.91 Å². The van der Waals surface area contributed by atoms with Crippen LogP contribution < -0.4 is 5.32 Å². The summed E-state index contributed by atoms with van der Waals surface area (Å²) in [4.78, 5) is 25.0.